The van der Waals surface area contributed by atoms with Crippen LogP contribution in [-0.2, 0) is 12.8 Å². The number of aromatic nitrogens is 1. The van der Waals surface area contributed by atoms with Crippen molar-refractivity contribution in [3.63, 3.8) is 0 Å². The first kappa shape index (κ1) is 49.3. The number of nitrogens with zero attached hydrogens (tertiary/aromatic N) is 2. The molecule has 76 heavy (non-hydrogen) atoms. The minimum Gasteiger partial charge on any atom is -0.356 e. The second kappa shape index (κ2) is 22.7. The second-order valence-corrected chi connectivity index (χ2v) is 20.5. The van der Waals surface area contributed by atoms with Gasteiger partial charge in [-0.05, 0) is 164 Å². The predicted octanol–water partition coefficient (Wildman–Crippen LogP) is 20.2. The third-order valence-corrected chi connectivity index (χ3v) is 15.6. The van der Waals surface area contributed by atoms with Crippen LogP contribution in [-0.4, -0.2) is 4.57 Å². The van der Waals surface area contributed by atoms with E-state index in [-0.39, 0.29) is 0 Å². The van der Waals surface area contributed by atoms with Gasteiger partial charge >= 0.3 is 0 Å². The summed E-state index contributed by atoms with van der Waals surface area (Å²) in [7, 11) is 0. The van der Waals surface area contributed by atoms with Crippen LogP contribution in [0.25, 0.3) is 70.7 Å². The monoisotopic (exact) mass is 999 g/mol. The van der Waals surface area contributed by atoms with Crippen LogP contribution in [0, 0.1) is 6.92 Å². The Morgan fingerprint density at radius 2 is 1.14 bits per heavy atom. The van der Waals surface area contributed by atoms with Crippen molar-refractivity contribution in [2.75, 3.05) is 10.2 Å². The van der Waals surface area contributed by atoms with Crippen molar-refractivity contribution in [1.29, 1.82) is 0 Å². The van der Waals surface area contributed by atoms with Gasteiger partial charge in [-0.25, -0.2) is 0 Å². The lowest BCUT2D eigenvalue weighted by atomic mass is 10.0. The third kappa shape index (κ3) is 10.7. The number of allylic oxidation sites excluding steroid dienone is 8. The molecule has 0 fully saturated rings. The van der Waals surface area contributed by atoms with E-state index >= 15 is 0 Å². The normalized spacial score (nSPS) is 12.4. The van der Waals surface area contributed by atoms with E-state index in [1.807, 2.05) is 11.3 Å². The molecule has 370 valence electrons. The van der Waals surface area contributed by atoms with Crippen molar-refractivity contribution in [2.24, 2.45) is 0 Å². The van der Waals surface area contributed by atoms with E-state index in [9.17, 15) is 0 Å². The van der Waals surface area contributed by atoms with Crippen molar-refractivity contribution in [2.45, 2.75) is 40.5 Å². The molecule has 0 bridgehead atoms. The predicted molar refractivity (Wildman–Crippen MR) is 330 cm³/mol. The molecule has 9 aromatic carbocycles. The molecule has 0 atom stereocenters. The zero-order chi connectivity index (χ0) is 51.8. The van der Waals surface area contributed by atoms with Crippen LogP contribution in [0.5, 0.6) is 0 Å². The first-order valence-corrected chi connectivity index (χ1v) is 27.1. The van der Waals surface area contributed by atoms with Crippen molar-refractivity contribution in [1.82, 2.24) is 4.57 Å². The summed E-state index contributed by atoms with van der Waals surface area (Å²) in [6.45, 7) is 8.86. The van der Waals surface area contributed by atoms with Crippen LogP contribution >= 0.6 is 11.3 Å². The first-order chi connectivity index (χ1) is 37.4. The Morgan fingerprint density at radius 3 is 1.79 bits per heavy atom. The van der Waals surface area contributed by atoms with Crippen LogP contribution in [0.15, 0.2) is 272 Å². The van der Waals surface area contributed by atoms with Crippen LogP contribution in [0.4, 0.5) is 17.1 Å². The Hall–Kier alpha value is -8.96. The molecule has 2 aromatic heterocycles. The number of benzene rings is 9. The van der Waals surface area contributed by atoms with E-state index in [0.29, 0.717) is 0 Å². The maximum Gasteiger partial charge on any atom is 0.0552 e. The Balaban J connectivity index is 0.891. The highest BCUT2D eigenvalue weighted by Gasteiger charge is 2.21. The molecule has 2 heterocycles. The summed E-state index contributed by atoms with van der Waals surface area (Å²) in [5.41, 5.74) is 20.1. The first-order valence-electron chi connectivity index (χ1n) is 26.3. The largest absolute Gasteiger partial charge is 0.356 e. The highest BCUT2D eigenvalue weighted by Crippen LogP contribution is 2.44. The summed E-state index contributed by atoms with van der Waals surface area (Å²) >= 11 is 1.90. The van der Waals surface area contributed by atoms with E-state index in [0.717, 1.165) is 47.0 Å². The Morgan fingerprint density at radius 1 is 0.566 bits per heavy atom. The van der Waals surface area contributed by atoms with Gasteiger partial charge < -0.3 is 14.8 Å². The van der Waals surface area contributed by atoms with Crippen molar-refractivity contribution in [3.05, 3.63) is 300 Å². The number of anilines is 3. The number of nitrogens with one attached hydrogen (secondary N) is 1. The van der Waals surface area contributed by atoms with E-state index in [4.69, 9.17) is 0 Å². The summed E-state index contributed by atoms with van der Waals surface area (Å²) in [5.74, 6) is 0. The van der Waals surface area contributed by atoms with Crippen LogP contribution in [0.1, 0.15) is 48.7 Å². The van der Waals surface area contributed by atoms with E-state index in [2.05, 4.69) is 309 Å². The Labute approximate surface area is 452 Å². The summed E-state index contributed by atoms with van der Waals surface area (Å²) < 4.78 is 5.05. The maximum atomic E-state index is 3.56. The van der Waals surface area contributed by atoms with Crippen LogP contribution < -0.4 is 10.2 Å². The standard InChI is InChI=1S/C72H61N3S/c1-5-63(32-20-25-54-22-10-6-11-23-54)74(65-44-38-60(39-45-65)58-28-14-8-15-29-58)52(3)49-67-53(4)75(64-30-16-9-17-31-64)69-47-46-66-68-50-55(33-48-70(68)76-72(66)71(67)69)24-19-18-21-51(2)56-34-40-61(41-35-56)73-62-42-36-59(37-43-62)57-26-12-7-13-27-57/h5-23,26-50,73H,24-25H2,1-4H3/b19-18-,32-20-,51-21+,52-49+,63-5+. The highest BCUT2D eigenvalue weighted by atomic mass is 32.1. The summed E-state index contributed by atoms with van der Waals surface area (Å²) in [5, 5.41) is 7.43. The Kier molecular flexibility index (Phi) is 14.7. The minimum atomic E-state index is 0.844. The smallest absolute Gasteiger partial charge is 0.0552 e. The van der Waals surface area contributed by atoms with Gasteiger partial charge in [-0.15, -0.1) is 11.3 Å². The van der Waals surface area contributed by atoms with Crippen molar-refractivity contribution < 1.29 is 0 Å². The van der Waals surface area contributed by atoms with Gasteiger partial charge in [-0.2, -0.15) is 0 Å². The van der Waals surface area contributed by atoms with Gasteiger partial charge in [0.1, 0.15) is 0 Å². The summed E-state index contributed by atoms with van der Waals surface area (Å²) in [6.07, 6.45) is 17.6. The molecule has 0 aliphatic rings. The quantitative estimate of drug-likeness (QED) is 0.0974. The van der Waals surface area contributed by atoms with Crippen LogP contribution in [0.2, 0.25) is 0 Å². The van der Waals surface area contributed by atoms with Gasteiger partial charge in [-0.1, -0.05) is 188 Å². The number of hydrogen-bond donors (Lipinski definition) is 1. The molecule has 0 spiro atoms. The lowest BCUT2D eigenvalue weighted by Gasteiger charge is -2.27. The zero-order valence-corrected chi connectivity index (χ0v) is 44.4. The van der Waals surface area contributed by atoms with Crippen molar-refractivity contribution in [3.8, 4) is 27.9 Å². The Bertz CT molecular complexity index is 3930. The molecule has 0 unspecified atom stereocenters. The molecule has 1 N–H and O–H groups in total. The molecule has 0 radical (unpaired) electrons. The fourth-order valence-corrected chi connectivity index (χ4v) is 11.6. The lowest BCUT2D eigenvalue weighted by molar-refractivity contribution is 1.05. The number of thiophene rings is 1. The van der Waals surface area contributed by atoms with Gasteiger partial charge in [-0.3, -0.25) is 0 Å². The van der Waals surface area contributed by atoms with Crippen molar-refractivity contribution >= 4 is 71.1 Å². The van der Waals surface area contributed by atoms with E-state index < -0.39 is 0 Å². The SMILES string of the molecule is C/C=C(\C=C/Cc1ccccc1)N(/C(C)=C/c1c(C)n(-c2ccccc2)c2ccc3c4cc(C/C=C\C=C(/C)c5ccc(Nc6ccc(-c7ccccc7)cc6)cc5)ccc4sc3c12)c1ccc(-c2ccccc2)cc1. The average Bonchev–Trinajstić information content (AvgIpc) is 4.12. The molecule has 11 rings (SSSR count). The number of hydrogen-bond acceptors (Lipinski definition) is 3. The molecule has 0 aliphatic carbocycles. The summed E-state index contributed by atoms with van der Waals surface area (Å²) in [4.78, 5) is 2.41. The third-order valence-electron chi connectivity index (χ3n) is 14.4. The lowest BCUT2D eigenvalue weighted by Crippen LogP contribution is -2.19. The molecule has 0 saturated heterocycles. The summed E-state index contributed by atoms with van der Waals surface area (Å²) in [6, 6.07) is 80.6. The molecule has 0 amide bonds. The van der Waals surface area contributed by atoms with Gasteiger partial charge in [0.15, 0.2) is 0 Å². The number of rotatable bonds is 16. The molecule has 3 nitrogen and oxygen atoms in total. The molecule has 0 aliphatic heterocycles. The maximum absolute atomic E-state index is 3.56. The minimum absolute atomic E-state index is 0.844. The molecule has 4 heteroatoms. The number of fused-ring (bicyclic) bond motifs is 5. The molecule has 0 saturated carbocycles. The molecular formula is C72H61N3S. The van der Waals surface area contributed by atoms with Crippen LogP contribution in [0.3, 0.4) is 0 Å². The zero-order valence-electron chi connectivity index (χ0n) is 43.6. The van der Waals surface area contributed by atoms with Gasteiger partial charge in [0.25, 0.3) is 0 Å². The average molecular weight is 1000 g/mol. The van der Waals surface area contributed by atoms with E-state index in [1.165, 1.54) is 86.8 Å². The second-order valence-electron chi connectivity index (χ2n) is 19.4. The van der Waals surface area contributed by atoms with Gasteiger partial charge in [0.2, 0.25) is 0 Å². The highest BCUT2D eigenvalue weighted by molar-refractivity contribution is 7.26. The topological polar surface area (TPSA) is 20.2 Å². The molecular weight excluding hydrogens is 939 g/mol. The fraction of sp³-hybridized carbons (Fsp3) is 0.0833. The van der Waals surface area contributed by atoms with E-state index in [1.54, 1.807) is 0 Å². The number of para-hydroxylation sites is 1. The fourth-order valence-electron chi connectivity index (χ4n) is 10.4. The van der Waals surface area contributed by atoms with Gasteiger partial charge in [0, 0.05) is 71.0 Å². The molecule has 11 aromatic rings. The van der Waals surface area contributed by atoms with Gasteiger partial charge in [0.05, 0.1) is 5.52 Å².